The minimum Gasteiger partial charge on any atom is -0.389 e. The molecule has 3 nitrogen and oxygen atoms in total. The highest BCUT2D eigenvalue weighted by Gasteiger charge is 2.12. The summed E-state index contributed by atoms with van der Waals surface area (Å²) in [6.07, 6.45) is -0.885. The van der Waals surface area contributed by atoms with E-state index in [0.717, 1.165) is 6.07 Å². The van der Waals surface area contributed by atoms with Crippen molar-refractivity contribution in [2.75, 3.05) is 25.1 Å². The summed E-state index contributed by atoms with van der Waals surface area (Å²) in [6, 6.07) is 1.29. The molecule has 1 rings (SSSR count). The summed E-state index contributed by atoms with van der Waals surface area (Å²) in [5, 5.41) is 12.0. The first kappa shape index (κ1) is 15.8. The second kappa shape index (κ2) is 7.35. The zero-order valence-electron chi connectivity index (χ0n) is 10.9. The lowest BCUT2D eigenvalue weighted by molar-refractivity contribution is 0.0317. The van der Waals surface area contributed by atoms with Crippen LogP contribution in [0.3, 0.4) is 0 Å². The Balaban J connectivity index is 2.44. The Morgan fingerprint density at radius 2 is 1.89 bits per heavy atom. The van der Waals surface area contributed by atoms with Crippen LogP contribution < -0.4 is 5.32 Å². The van der Waals surface area contributed by atoms with Crippen molar-refractivity contribution in [2.45, 2.75) is 20.0 Å². The van der Waals surface area contributed by atoms with Crippen molar-refractivity contribution in [1.29, 1.82) is 0 Å². The van der Waals surface area contributed by atoms with E-state index in [1.165, 1.54) is 0 Å². The van der Waals surface area contributed by atoms with E-state index in [1.807, 2.05) is 13.8 Å². The predicted molar refractivity (Wildman–Crippen MR) is 66.5 cm³/mol. The molecule has 0 amide bonds. The summed E-state index contributed by atoms with van der Waals surface area (Å²) < 4.78 is 44.3. The minimum atomic E-state index is -1.27. The van der Waals surface area contributed by atoms with Gasteiger partial charge in [0.25, 0.3) is 0 Å². The number of halogens is 3. The molecule has 0 saturated carbocycles. The summed E-state index contributed by atoms with van der Waals surface area (Å²) in [6.45, 7) is 4.45. The van der Waals surface area contributed by atoms with Crippen LogP contribution in [-0.4, -0.2) is 31.0 Å². The van der Waals surface area contributed by atoms with Gasteiger partial charge in [0.05, 0.1) is 18.4 Å². The third kappa shape index (κ3) is 5.48. The van der Waals surface area contributed by atoms with Crippen LogP contribution in [0, 0.1) is 23.4 Å². The average Bonchev–Trinajstić information content (AvgIpc) is 2.31. The van der Waals surface area contributed by atoms with E-state index in [-0.39, 0.29) is 18.8 Å². The molecule has 1 aromatic rings. The molecule has 0 radical (unpaired) electrons. The van der Waals surface area contributed by atoms with Crippen LogP contribution in [0.4, 0.5) is 18.9 Å². The molecule has 0 saturated heterocycles. The molecule has 0 aromatic heterocycles. The van der Waals surface area contributed by atoms with E-state index in [4.69, 9.17) is 4.74 Å². The van der Waals surface area contributed by atoms with Crippen LogP contribution in [0.2, 0.25) is 0 Å². The number of nitrogens with one attached hydrogen (secondary N) is 1. The van der Waals surface area contributed by atoms with E-state index in [2.05, 4.69) is 5.32 Å². The number of aliphatic hydroxyl groups excluding tert-OH is 1. The summed E-state index contributed by atoms with van der Waals surface area (Å²) in [5.41, 5.74) is -0.319. The standard InChI is InChI=1S/C13H18F3NO2/c1-8(2)6-19-7-10(18)5-17-12-4-9(14)3-11(15)13(12)16/h3-4,8,10,17-18H,5-7H2,1-2H3. The van der Waals surface area contributed by atoms with Crippen molar-refractivity contribution in [3.8, 4) is 0 Å². The number of hydrogen-bond donors (Lipinski definition) is 2. The molecule has 1 unspecified atom stereocenters. The molecule has 1 aromatic carbocycles. The van der Waals surface area contributed by atoms with Crippen molar-refractivity contribution in [3.63, 3.8) is 0 Å². The van der Waals surface area contributed by atoms with Gasteiger partial charge in [0, 0.05) is 25.3 Å². The zero-order chi connectivity index (χ0) is 14.4. The first-order chi connectivity index (χ1) is 8.90. The van der Waals surface area contributed by atoms with Crippen LogP contribution in [0.1, 0.15) is 13.8 Å². The van der Waals surface area contributed by atoms with Crippen LogP contribution in [0.5, 0.6) is 0 Å². The lowest BCUT2D eigenvalue weighted by Crippen LogP contribution is -2.26. The zero-order valence-corrected chi connectivity index (χ0v) is 10.9. The third-order valence-corrected chi connectivity index (χ3v) is 2.28. The van der Waals surface area contributed by atoms with Gasteiger partial charge in [-0.2, -0.15) is 0 Å². The predicted octanol–water partition coefficient (Wildman–Crippen LogP) is 2.55. The van der Waals surface area contributed by atoms with Crippen LogP contribution in [0.15, 0.2) is 12.1 Å². The van der Waals surface area contributed by atoms with Crippen molar-refractivity contribution in [1.82, 2.24) is 0 Å². The Hall–Kier alpha value is -1.27. The first-order valence-corrected chi connectivity index (χ1v) is 6.04. The van der Waals surface area contributed by atoms with Crippen molar-refractivity contribution in [2.24, 2.45) is 5.92 Å². The van der Waals surface area contributed by atoms with Gasteiger partial charge in [-0.05, 0) is 5.92 Å². The lowest BCUT2D eigenvalue weighted by atomic mass is 10.2. The normalized spacial score (nSPS) is 12.8. The van der Waals surface area contributed by atoms with Crippen molar-refractivity contribution >= 4 is 5.69 Å². The van der Waals surface area contributed by atoms with Crippen molar-refractivity contribution in [3.05, 3.63) is 29.6 Å². The quantitative estimate of drug-likeness (QED) is 0.753. The highest BCUT2D eigenvalue weighted by molar-refractivity contribution is 5.45. The fourth-order valence-corrected chi connectivity index (χ4v) is 1.41. The molecule has 0 aliphatic carbocycles. The smallest absolute Gasteiger partial charge is 0.182 e. The highest BCUT2D eigenvalue weighted by atomic mass is 19.2. The number of aliphatic hydroxyl groups is 1. The number of ether oxygens (including phenoxy) is 1. The summed E-state index contributed by atoms with van der Waals surface area (Å²) in [7, 11) is 0. The SMILES string of the molecule is CC(C)COCC(O)CNc1cc(F)cc(F)c1F. The van der Waals surface area contributed by atoms with Gasteiger partial charge in [0.15, 0.2) is 11.6 Å². The molecule has 19 heavy (non-hydrogen) atoms. The molecule has 0 fully saturated rings. The Labute approximate surface area is 110 Å². The topological polar surface area (TPSA) is 41.5 Å². The van der Waals surface area contributed by atoms with Gasteiger partial charge in [-0.15, -0.1) is 0 Å². The number of rotatable bonds is 7. The number of hydrogen-bond acceptors (Lipinski definition) is 3. The first-order valence-electron chi connectivity index (χ1n) is 6.04. The third-order valence-electron chi connectivity index (χ3n) is 2.28. The largest absolute Gasteiger partial charge is 0.389 e. The van der Waals surface area contributed by atoms with Gasteiger partial charge in [-0.25, -0.2) is 13.2 Å². The van der Waals surface area contributed by atoms with Crippen LogP contribution in [0.25, 0.3) is 0 Å². The Morgan fingerprint density at radius 3 is 2.53 bits per heavy atom. The van der Waals surface area contributed by atoms with Crippen molar-refractivity contribution < 1.29 is 23.0 Å². The highest BCUT2D eigenvalue weighted by Crippen LogP contribution is 2.18. The van der Waals surface area contributed by atoms with E-state index in [0.29, 0.717) is 18.6 Å². The number of anilines is 1. The second-order valence-corrected chi connectivity index (χ2v) is 4.72. The molecule has 108 valence electrons. The number of benzene rings is 1. The Bertz CT molecular complexity index is 413. The second-order valence-electron chi connectivity index (χ2n) is 4.72. The molecular weight excluding hydrogens is 259 g/mol. The Morgan fingerprint density at radius 1 is 1.21 bits per heavy atom. The summed E-state index contributed by atoms with van der Waals surface area (Å²) >= 11 is 0. The van der Waals surface area contributed by atoms with E-state index >= 15 is 0 Å². The van der Waals surface area contributed by atoms with E-state index < -0.39 is 23.6 Å². The molecule has 0 aliphatic heterocycles. The van der Waals surface area contributed by atoms with E-state index in [1.54, 1.807) is 0 Å². The maximum atomic E-state index is 13.3. The lowest BCUT2D eigenvalue weighted by Gasteiger charge is -2.14. The fourth-order valence-electron chi connectivity index (χ4n) is 1.41. The molecule has 0 aliphatic rings. The van der Waals surface area contributed by atoms with E-state index in [9.17, 15) is 18.3 Å². The Kier molecular flexibility index (Phi) is 6.11. The average molecular weight is 277 g/mol. The van der Waals surface area contributed by atoms with Crippen LogP contribution in [-0.2, 0) is 4.74 Å². The van der Waals surface area contributed by atoms with Gasteiger partial charge in [0.1, 0.15) is 5.82 Å². The van der Waals surface area contributed by atoms with Gasteiger partial charge in [0.2, 0.25) is 0 Å². The summed E-state index contributed by atoms with van der Waals surface area (Å²) in [5.74, 6) is -2.98. The minimum absolute atomic E-state index is 0.0576. The molecule has 6 heteroatoms. The maximum Gasteiger partial charge on any atom is 0.182 e. The van der Waals surface area contributed by atoms with Gasteiger partial charge in [-0.1, -0.05) is 13.8 Å². The monoisotopic (exact) mass is 277 g/mol. The van der Waals surface area contributed by atoms with Gasteiger partial charge in [-0.3, -0.25) is 0 Å². The molecule has 0 heterocycles. The molecule has 0 spiro atoms. The molecule has 2 N–H and O–H groups in total. The fraction of sp³-hybridized carbons (Fsp3) is 0.538. The van der Waals surface area contributed by atoms with Gasteiger partial charge < -0.3 is 15.2 Å². The van der Waals surface area contributed by atoms with Gasteiger partial charge >= 0.3 is 0 Å². The molecule has 0 bridgehead atoms. The summed E-state index contributed by atoms with van der Waals surface area (Å²) in [4.78, 5) is 0. The maximum absolute atomic E-state index is 13.3. The van der Waals surface area contributed by atoms with Crippen LogP contribution >= 0.6 is 0 Å². The molecule has 1 atom stereocenters. The molecular formula is C13H18F3NO2.